The molecule has 0 unspecified atom stereocenters. The van der Waals surface area contributed by atoms with Gasteiger partial charge >= 0.3 is 0 Å². The molecule has 3 N–H and O–H groups in total. The van der Waals surface area contributed by atoms with E-state index in [1.54, 1.807) is 0 Å². The fraction of sp³-hybridized carbons (Fsp3) is 1.00. The van der Waals surface area contributed by atoms with Crippen LogP contribution in [-0.2, 0) is 9.63 Å². The lowest BCUT2D eigenvalue weighted by atomic mass is 10.9. The van der Waals surface area contributed by atoms with Crippen LogP contribution in [0.1, 0.15) is 0 Å². The molecule has 52 valence electrons. The third-order valence-corrected chi connectivity index (χ3v) is 1.68. The van der Waals surface area contributed by atoms with Crippen molar-refractivity contribution in [1.29, 1.82) is 0 Å². The Kier molecular flexibility index (Phi) is 1.77. The van der Waals surface area contributed by atoms with E-state index in [1.165, 1.54) is 0 Å². The van der Waals surface area contributed by atoms with Crippen LogP contribution >= 0.6 is 0 Å². The molecular formula is C3H10O4S. The van der Waals surface area contributed by atoms with E-state index in [-0.39, 0.29) is 0 Å². The zero-order valence-corrected chi connectivity index (χ0v) is 5.39. The Balaban J connectivity index is 3.95. The van der Waals surface area contributed by atoms with Crippen LogP contribution in [0.5, 0.6) is 0 Å². The SMILES string of the molecule is CS(=O)(O)(O)CCO. The fourth-order valence-corrected chi connectivity index (χ4v) is 0.631. The molecule has 0 fully saturated rings. The largest absolute Gasteiger partial charge is 0.395 e. The molecule has 0 heterocycles. The average molecular weight is 142 g/mol. The second-order valence-electron chi connectivity index (χ2n) is 1.85. The zero-order valence-electron chi connectivity index (χ0n) is 4.57. The summed E-state index contributed by atoms with van der Waals surface area (Å²) in [5.41, 5.74) is 0. The summed E-state index contributed by atoms with van der Waals surface area (Å²) >= 11 is 0. The van der Waals surface area contributed by atoms with Gasteiger partial charge in [-0.2, -0.15) is 0 Å². The molecule has 4 nitrogen and oxygen atoms in total. The summed E-state index contributed by atoms with van der Waals surface area (Å²) in [6, 6.07) is 0. The Hall–Kier alpha value is 0.0300. The summed E-state index contributed by atoms with van der Waals surface area (Å²) < 4.78 is 27.2. The molecule has 5 heteroatoms. The molecule has 0 aliphatic heterocycles. The maximum atomic E-state index is 10.3. The third-order valence-electron chi connectivity index (χ3n) is 0.561. The highest BCUT2D eigenvalue weighted by molar-refractivity contribution is 8.09. The predicted molar refractivity (Wildman–Crippen MR) is 31.3 cm³/mol. The second kappa shape index (κ2) is 1.77. The van der Waals surface area contributed by atoms with Gasteiger partial charge in [0.1, 0.15) is 0 Å². The first-order valence-electron chi connectivity index (χ1n) is 2.04. The van der Waals surface area contributed by atoms with Gasteiger partial charge in [0.15, 0.2) is 0 Å². The Morgan fingerprint density at radius 3 is 1.88 bits per heavy atom. The molecule has 0 spiro atoms. The highest BCUT2D eigenvalue weighted by atomic mass is 32.3. The highest BCUT2D eigenvalue weighted by Crippen LogP contribution is 2.07. The molecule has 0 aliphatic rings. The standard InChI is InChI=1S/C3H10O4S/c1-8(5,6,7)3-2-4/h4H,2-3H2,1H3,(H2,5,6,7). The minimum absolute atomic E-state index is 0.475. The van der Waals surface area contributed by atoms with Crippen LogP contribution < -0.4 is 0 Å². The summed E-state index contributed by atoms with van der Waals surface area (Å²) in [7, 11) is -4.39. The molecule has 0 atom stereocenters. The van der Waals surface area contributed by atoms with Crippen molar-refractivity contribution in [2.75, 3.05) is 18.6 Å². The van der Waals surface area contributed by atoms with E-state index in [0.29, 0.717) is 0 Å². The van der Waals surface area contributed by atoms with Crippen LogP contribution in [0.15, 0.2) is 0 Å². The van der Waals surface area contributed by atoms with Crippen molar-refractivity contribution < 1.29 is 18.4 Å². The summed E-state index contributed by atoms with van der Waals surface area (Å²) in [4.78, 5) is 0. The number of hydrogen-bond acceptors (Lipinski definition) is 2. The first-order valence-corrected chi connectivity index (χ1v) is 4.50. The molecule has 0 aromatic heterocycles. The fourth-order valence-electron chi connectivity index (χ4n) is 0.210. The molecule has 0 amide bonds. The molecule has 0 aromatic rings. The van der Waals surface area contributed by atoms with Crippen molar-refractivity contribution in [3.8, 4) is 0 Å². The topological polar surface area (TPSA) is 77.8 Å². The molecule has 0 bridgehead atoms. The van der Waals surface area contributed by atoms with Gasteiger partial charge in [-0.3, -0.25) is 0 Å². The normalized spacial score (nSPS) is 17.2. The molecule has 8 heavy (non-hydrogen) atoms. The van der Waals surface area contributed by atoms with Crippen molar-refractivity contribution in [1.82, 2.24) is 0 Å². The van der Waals surface area contributed by atoms with Crippen molar-refractivity contribution in [2.24, 2.45) is 0 Å². The van der Waals surface area contributed by atoms with Gasteiger partial charge in [-0.05, 0) is 0 Å². The molecule has 0 radical (unpaired) electrons. The van der Waals surface area contributed by atoms with Crippen LogP contribution in [0.2, 0.25) is 0 Å². The molecule has 0 rings (SSSR count). The quantitative estimate of drug-likeness (QED) is 0.480. The van der Waals surface area contributed by atoms with Crippen LogP contribution in [0.3, 0.4) is 0 Å². The monoisotopic (exact) mass is 142 g/mol. The average Bonchev–Trinajstić information content (AvgIpc) is 1.25. The lowest BCUT2D eigenvalue weighted by Gasteiger charge is -2.23. The first kappa shape index (κ1) is 8.03. The van der Waals surface area contributed by atoms with E-state index in [4.69, 9.17) is 14.2 Å². The minimum atomic E-state index is -4.39. The van der Waals surface area contributed by atoms with Gasteiger partial charge in [0.25, 0.3) is 0 Å². The van der Waals surface area contributed by atoms with E-state index in [0.717, 1.165) is 6.26 Å². The number of aliphatic hydroxyl groups is 1. The van der Waals surface area contributed by atoms with Crippen molar-refractivity contribution in [2.45, 2.75) is 0 Å². The highest BCUT2D eigenvalue weighted by Gasteiger charge is 2.20. The summed E-state index contributed by atoms with van der Waals surface area (Å²) in [5.74, 6) is -0.475. The Morgan fingerprint density at radius 2 is 1.88 bits per heavy atom. The van der Waals surface area contributed by atoms with E-state index in [9.17, 15) is 4.21 Å². The maximum absolute atomic E-state index is 10.3. The maximum Gasteiger partial charge on any atom is 0.0820 e. The summed E-state index contributed by atoms with van der Waals surface area (Å²) in [6.45, 7) is -0.477. The van der Waals surface area contributed by atoms with E-state index >= 15 is 0 Å². The van der Waals surface area contributed by atoms with Gasteiger partial charge in [-0.15, -0.1) is 0 Å². The third kappa shape index (κ3) is 6.03. The molecular weight excluding hydrogens is 132 g/mol. The second-order valence-corrected chi connectivity index (χ2v) is 5.12. The van der Waals surface area contributed by atoms with Crippen molar-refractivity contribution >= 4 is 9.63 Å². The smallest absolute Gasteiger partial charge is 0.0820 e. The van der Waals surface area contributed by atoms with E-state index < -0.39 is 22.0 Å². The van der Waals surface area contributed by atoms with Gasteiger partial charge in [-0.25, -0.2) is 4.21 Å². The summed E-state index contributed by atoms with van der Waals surface area (Å²) in [5, 5.41) is 8.07. The number of aliphatic hydroxyl groups excluding tert-OH is 1. The van der Waals surface area contributed by atoms with Crippen LogP contribution in [0, 0.1) is 0 Å². The minimum Gasteiger partial charge on any atom is -0.395 e. The Bertz CT molecular complexity index is 123. The van der Waals surface area contributed by atoms with Crippen molar-refractivity contribution in [3.05, 3.63) is 0 Å². The predicted octanol–water partition coefficient (Wildman–Crippen LogP) is -0.625. The number of rotatable bonds is 2. The molecule has 0 aliphatic carbocycles. The van der Waals surface area contributed by atoms with Crippen LogP contribution in [-0.4, -0.2) is 37.0 Å². The Morgan fingerprint density at radius 1 is 1.50 bits per heavy atom. The molecule has 0 saturated carbocycles. The van der Waals surface area contributed by atoms with Gasteiger partial charge in [0.2, 0.25) is 0 Å². The summed E-state index contributed by atoms with van der Waals surface area (Å²) in [6.07, 6.45) is 0.799. The lowest BCUT2D eigenvalue weighted by Crippen LogP contribution is -2.34. The number of hydrogen-bond donors (Lipinski definition) is 3. The van der Waals surface area contributed by atoms with Gasteiger partial charge in [0.05, 0.1) is 22.0 Å². The van der Waals surface area contributed by atoms with Gasteiger partial charge in [0, 0.05) is 6.26 Å². The molecule has 0 aromatic carbocycles. The zero-order chi connectivity index (χ0) is 6.86. The van der Waals surface area contributed by atoms with E-state index in [1.807, 2.05) is 0 Å². The Labute approximate surface area is 47.6 Å². The van der Waals surface area contributed by atoms with Crippen LogP contribution in [0.4, 0.5) is 0 Å². The van der Waals surface area contributed by atoms with Gasteiger partial charge < -0.3 is 14.2 Å². The van der Waals surface area contributed by atoms with E-state index in [2.05, 4.69) is 0 Å². The molecule has 0 saturated heterocycles. The van der Waals surface area contributed by atoms with Crippen LogP contribution in [0.25, 0.3) is 0 Å². The van der Waals surface area contributed by atoms with Crippen molar-refractivity contribution in [3.63, 3.8) is 0 Å². The lowest BCUT2D eigenvalue weighted by molar-refractivity contribution is 0.304. The first-order chi connectivity index (χ1) is 3.31. The van der Waals surface area contributed by atoms with Gasteiger partial charge in [-0.1, -0.05) is 0 Å².